The third-order valence-electron chi connectivity index (χ3n) is 3.17. The van der Waals surface area contributed by atoms with Crippen LogP contribution in [0, 0.1) is 11.8 Å². The van der Waals surface area contributed by atoms with Gasteiger partial charge in [0.05, 0.1) is 6.10 Å². The molecule has 1 aliphatic carbocycles. The molecule has 0 aliphatic heterocycles. The molecule has 15 heavy (non-hydrogen) atoms. The van der Waals surface area contributed by atoms with Crippen LogP contribution in [-0.4, -0.2) is 32.2 Å². The summed E-state index contributed by atoms with van der Waals surface area (Å²) in [4.78, 5) is 0. The average Bonchev–Trinajstić information content (AvgIpc) is 2.14. The molecular formula is C11H21F2NO. The van der Waals surface area contributed by atoms with Gasteiger partial charge in [-0.3, -0.25) is 0 Å². The molecule has 0 amide bonds. The number of rotatable bonds is 4. The van der Waals surface area contributed by atoms with Crippen molar-refractivity contribution >= 4 is 0 Å². The van der Waals surface area contributed by atoms with Gasteiger partial charge in [-0.25, -0.2) is 8.78 Å². The number of hydrogen-bond acceptors (Lipinski definition) is 2. The van der Waals surface area contributed by atoms with Crippen molar-refractivity contribution in [2.45, 2.75) is 45.3 Å². The van der Waals surface area contributed by atoms with Crippen molar-refractivity contribution in [3.05, 3.63) is 0 Å². The molecule has 90 valence electrons. The fourth-order valence-electron chi connectivity index (χ4n) is 2.58. The third kappa shape index (κ3) is 3.68. The van der Waals surface area contributed by atoms with Crippen LogP contribution >= 0.6 is 0 Å². The van der Waals surface area contributed by atoms with Crippen molar-refractivity contribution in [1.29, 1.82) is 0 Å². The summed E-state index contributed by atoms with van der Waals surface area (Å²) in [6.45, 7) is 3.84. The van der Waals surface area contributed by atoms with Crippen LogP contribution in [0.2, 0.25) is 0 Å². The molecule has 4 heteroatoms. The maximum absolute atomic E-state index is 12.1. The molecule has 1 aliphatic rings. The van der Waals surface area contributed by atoms with Gasteiger partial charge in [0.25, 0.3) is 6.43 Å². The van der Waals surface area contributed by atoms with Gasteiger partial charge >= 0.3 is 0 Å². The largest absolute Gasteiger partial charge is 0.370 e. The van der Waals surface area contributed by atoms with E-state index in [0.717, 1.165) is 12.8 Å². The minimum absolute atomic E-state index is 0.0693. The lowest BCUT2D eigenvalue weighted by molar-refractivity contribution is -0.0760. The Balaban J connectivity index is 2.50. The van der Waals surface area contributed by atoms with Gasteiger partial charge in [0.2, 0.25) is 0 Å². The molecule has 0 radical (unpaired) electrons. The Kier molecular flexibility index (Phi) is 4.93. The lowest BCUT2D eigenvalue weighted by Crippen LogP contribution is -2.48. The molecular weight excluding hydrogens is 200 g/mol. The highest BCUT2D eigenvalue weighted by Gasteiger charge is 2.34. The number of ether oxygens (including phenoxy) is 1. The molecule has 0 saturated heterocycles. The standard InChI is InChI=1S/C11H21F2NO/c1-7-4-8(2)11(9(5-7)14-3)15-6-10(12)13/h7-11,14H,4-6H2,1-3H3. The van der Waals surface area contributed by atoms with E-state index >= 15 is 0 Å². The van der Waals surface area contributed by atoms with E-state index < -0.39 is 13.0 Å². The molecule has 2 nitrogen and oxygen atoms in total. The van der Waals surface area contributed by atoms with E-state index in [1.807, 2.05) is 7.05 Å². The third-order valence-corrected chi connectivity index (χ3v) is 3.17. The second kappa shape index (κ2) is 5.75. The molecule has 1 N–H and O–H groups in total. The summed E-state index contributed by atoms with van der Waals surface area (Å²) >= 11 is 0. The van der Waals surface area contributed by atoms with Crippen molar-refractivity contribution < 1.29 is 13.5 Å². The minimum Gasteiger partial charge on any atom is -0.370 e. The predicted octanol–water partition coefficient (Wildman–Crippen LogP) is 2.29. The quantitative estimate of drug-likeness (QED) is 0.786. The summed E-state index contributed by atoms with van der Waals surface area (Å²) in [6.07, 6.45) is -0.366. The van der Waals surface area contributed by atoms with E-state index in [0.29, 0.717) is 11.8 Å². The smallest absolute Gasteiger partial charge is 0.261 e. The van der Waals surface area contributed by atoms with Crippen LogP contribution in [0.15, 0.2) is 0 Å². The summed E-state index contributed by atoms with van der Waals surface area (Å²) < 4.78 is 29.5. The zero-order chi connectivity index (χ0) is 11.4. The molecule has 1 saturated carbocycles. The van der Waals surface area contributed by atoms with Crippen LogP contribution in [0.25, 0.3) is 0 Å². The molecule has 0 aromatic rings. The van der Waals surface area contributed by atoms with E-state index in [1.165, 1.54) is 0 Å². The average molecular weight is 221 g/mol. The summed E-state index contributed by atoms with van der Waals surface area (Å²) in [5, 5.41) is 3.17. The molecule has 4 unspecified atom stereocenters. The van der Waals surface area contributed by atoms with Crippen LogP contribution in [0.4, 0.5) is 8.78 Å². The summed E-state index contributed by atoms with van der Waals surface area (Å²) in [6, 6.07) is 0.211. The molecule has 0 aromatic heterocycles. The molecule has 0 bridgehead atoms. The SMILES string of the molecule is CNC1CC(C)CC(C)C1OCC(F)F. The van der Waals surface area contributed by atoms with Crippen LogP contribution in [0.3, 0.4) is 0 Å². The zero-order valence-corrected chi connectivity index (χ0v) is 9.67. The second-order valence-corrected chi connectivity index (χ2v) is 4.64. The van der Waals surface area contributed by atoms with E-state index in [1.54, 1.807) is 0 Å². The monoisotopic (exact) mass is 221 g/mol. The van der Waals surface area contributed by atoms with Gasteiger partial charge < -0.3 is 10.1 Å². The highest BCUT2D eigenvalue weighted by molar-refractivity contribution is 4.87. The normalized spacial score (nSPS) is 37.2. The molecule has 1 rings (SSSR count). The van der Waals surface area contributed by atoms with Crippen molar-refractivity contribution in [1.82, 2.24) is 5.32 Å². The molecule has 0 spiro atoms. The van der Waals surface area contributed by atoms with Crippen LogP contribution < -0.4 is 5.32 Å². The highest BCUT2D eigenvalue weighted by atomic mass is 19.3. The van der Waals surface area contributed by atoms with Crippen molar-refractivity contribution in [2.75, 3.05) is 13.7 Å². The Labute approximate surface area is 90.4 Å². The van der Waals surface area contributed by atoms with E-state index in [2.05, 4.69) is 19.2 Å². The van der Waals surface area contributed by atoms with Gasteiger partial charge in [-0.2, -0.15) is 0 Å². The maximum Gasteiger partial charge on any atom is 0.261 e. The minimum atomic E-state index is -2.37. The van der Waals surface area contributed by atoms with Crippen LogP contribution in [0.5, 0.6) is 0 Å². The van der Waals surface area contributed by atoms with E-state index in [4.69, 9.17) is 4.74 Å². The highest BCUT2D eigenvalue weighted by Crippen LogP contribution is 2.31. The van der Waals surface area contributed by atoms with Gasteiger partial charge in [0.1, 0.15) is 6.61 Å². The van der Waals surface area contributed by atoms with Gasteiger partial charge in [-0.1, -0.05) is 13.8 Å². The second-order valence-electron chi connectivity index (χ2n) is 4.64. The zero-order valence-electron chi connectivity index (χ0n) is 9.67. The van der Waals surface area contributed by atoms with Crippen molar-refractivity contribution in [3.63, 3.8) is 0 Å². The Bertz CT molecular complexity index is 189. The molecule has 0 aromatic carbocycles. The van der Waals surface area contributed by atoms with Crippen molar-refractivity contribution in [3.8, 4) is 0 Å². The fraction of sp³-hybridized carbons (Fsp3) is 1.00. The summed E-state index contributed by atoms with van der Waals surface area (Å²) in [5.41, 5.74) is 0. The lowest BCUT2D eigenvalue weighted by Gasteiger charge is -2.39. The van der Waals surface area contributed by atoms with E-state index in [9.17, 15) is 8.78 Å². The molecule has 1 fully saturated rings. The Morgan fingerprint density at radius 1 is 1.33 bits per heavy atom. The van der Waals surface area contributed by atoms with Crippen molar-refractivity contribution in [2.24, 2.45) is 11.8 Å². The summed E-state index contributed by atoms with van der Waals surface area (Å²) in [7, 11) is 1.87. The number of halogens is 2. The first-order valence-electron chi connectivity index (χ1n) is 5.61. The Hall–Kier alpha value is -0.220. The van der Waals surface area contributed by atoms with Gasteiger partial charge in [-0.05, 0) is 31.7 Å². The van der Waals surface area contributed by atoms with Crippen LogP contribution in [-0.2, 0) is 4.74 Å². The first-order valence-corrected chi connectivity index (χ1v) is 5.61. The first-order chi connectivity index (χ1) is 7.04. The number of likely N-dealkylation sites (N-methyl/N-ethyl adjacent to an activating group) is 1. The number of hydrogen-bond donors (Lipinski definition) is 1. The molecule has 0 heterocycles. The van der Waals surface area contributed by atoms with Gasteiger partial charge in [-0.15, -0.1) is 0 Å². The lowest BCUT2D eigenvalue weighted by atomic mass is 9.78. The predicted molar refractivity (Wildman–Crippen MR) is 56.2 cm³/mol. The Morgan fingerprint density at radius 2 is 2.00 bits per heavy atom. The van der Waals surface area contributed by atoms with Gasteiger partial charge in [0, 0.05) is 6.04 Å². The maximum atomic E-state index is 12.1. The topological polar surface area (TPSA) is 21.3 Å². The first kappa shape index (κ1) is 12.8. The van der Waals surface area contributed by atoms with E-state index in [-0.39, 0.29) is 12.1 Å². The number of alkyl halides is 2. The molecule has 4 atom stereocenters. The summed E-state index contributed by atoms with van der Waals surface area (Å²) in [5.74, 6) is 0.994. The number of nitrogens with one attached hydrogen (secondary N) is 1. The van der Waals surface area contributed by atoms with Crippen LogP contribution in [0.1, 0.15) is 26.7 Å². The Morgan fingerprint density at radius 3 is 2.53 bits per heavy atom. The van der Waals surface area contributed by atoms with Gasteiger partial charge in [0.15, 0.2) is 0 Å². The fourth-order valence-corrected chi connectivity index (χ4v) is 2.58.